The molecule has 6 nitrogen and oxygen atoms in total. The summed E-state index contributed by atoms with van der Waals surface area (Å²) in [5.41, 5.74) is -0.185. The van der Waals surface area contributed by atoms with Gasteiger partial charge in [-0.15, -0.1) is 0 Å². The van der Waals surface area contributed by atoms with E-state index in [4.69, 9.17) is 0 Å². The first-order valence-corrected chi connectivity index (χ1v) is 5.25. The summed E-state index contributed by atoms with van der Waals surface area (Å²) in [6, 6.07) is 3.11. The third-order valence-corrected chi connectivity index (χ3v) is 2.40. The fraction of sp³-hybridized carbons (Fsp3) is 0.364. The maximum absolute atomic E-state index is 13.2. The highest BCUT2D eigenvalue weighted by molar-refractivity contribution is 5.77. The van der Waals surface area contributed by atoms with Crippen molar-refractivity contribution >= 4 is 17.3 Å². The van der Waals surface area contributed by atoms with Gasteiger partial charge in [0.25, 0.3) is 5.69 Å². The first-order chi connectivity index (χ1) is 8.49. The highest BCUT2D eigenvalue weighted by Gasteiger charge is 2.21. The van der Waals surface area contributed by atoms with Gasteiger partial charge in [-0.3, -0.25) is 14.9 Å². The average Bonchev–Trinajstić information content (AvgIpc) is 2.35. The first-order valence-electron chi connectivity index (χ1n) is 5.25. The number of ether oxygens (including phenoxy) is 1. The maximum atomic E-state index is 13.2. The van der Waals surface area contributed by atoms with Crippen LogP contribution in [0.25, 0.3) is 0 Å². The Kier molecular flexibility index (Phi) is 4.59. The molecule has 0 unspecified atom stereocenters. The largest absolute Gasteiger partial charge is 0.468 e. The molecule has 98 valence electrons. The van der Waals surface area contributed by atoms with Gasteiger partial charge in [0, 0.05) is 18.7 Å². The topological polar surface area (TPSA) is 72.7 Å². The number of likely N-dealkylation sites (N-methyl/N-ethyl adjacent to an activating group) is 1. The second-order valence-corrected chi connectivity index (χ2v) is 3.48. The number of nitro groups is 1. The molecular weight excluding hydrogens is 243 g/mol. The van der Waals surface area contributed by atoms with Crippen LogP contribution in [0.4, 0.5) is 15.8 Å². The summed E-state index contributed by atoms with van der Waals surface area (Å²) in [7, 11) is 1.22. The van der Waals surface area contributed by atoms with Crippen LogP contribution in [0.2, 0.25) is 0 Å². The van der Waals surface area contributed by atoms with Crippen LogP contribution >= 0.6 is 0 Å². The van der Waals surface area contributed by atoms with E-state index in [0.29, 0.717) is 6.54 Å². The number of halogens is 1. The van der Waals surface area contributed by atoms with Gasteiger partial charge in [-0.25, -0.2) is 4.39 Å². The minimum absolute atomic E-state index is 0.0629. The van der Waals surface area contributed by atoms with Crippen LogP contribution in [0.15, 0.2) is 18.2 Å². The molecule has 0 N–H and O–H groups in total. The van der Waals surface area contributed by atoms with E-state index >= 15 is 0 Å². The Labute approximate surface area is 103 Å². The van der Waals surface area contributed by atoms with E-state index in [0.717, 1.165) is 18.2 Å². The smallest absolute Gasteiger partial charge is 0.325 e. The fourth-order valence-electron chi connectivity index (χ4n) is 1.49. The molecule has 0 aliphatic heterocycles. The normalized spacial score (nSPS) is 9.94. The zero-order valence-corrected chi connectivity index (χ0v) is 10.1. The molecule has 0 fully saturated rings. The average molecular weight is 256 g/mol. The van der Waals surface area contributed by atoms with Gasteiger partial charge in [0.2, 0.25) is 0 Å². The quantitative estimate of drug-likeness (QED) is 0.455. The highest BCUT2D eigenvalue weighted by Crippen LogP contribution is 2.28. The Balaban J connectivity index is 3.14. The summed E-state index contributed by atoms with van der Waals surface area (Å²) in [4.78, 5) is 22.8. The summed E-state index contributed by atoms with van der Waals surface area (Å²) in [5.74, 6) is -1.14. The molecule has 0 amide bonds. The van der Waals surface area contributed by atoms with Gasteiger partial charge in [-0.1, -0.05) is 0 Å². The van der Waals surface area contributed by atoms with Crippen molar-refractivity contribution in [3.63, 3.8) is 0 Å². The molecule has 0 spiro atoms. The van der Waals surface area contributed by atoms with E-state index in [9.17, 15) is 19.3 Å². The molecule has 7 heteroatoms. The van der Waals surface area contributed by atoms with Gasteiger partial charge in [0.1, 0.15) is 18.0 Å². The Morgan fingerprint density at radius 3 is 2.72 bits per heavy atom. The van der Waals surface area contributed by atoms with Crippen molar-refractivity contribution in [1.29, 1.82) is 0 Å². The second-order valence-electron chi connectivity index (χ2n) is 3.48. The summed E-state index contributed by atoms with van der Waals surface area (Å²) < 4.78 is 17.7. The molecule has 0 aliphatic rings. The predicted octanol–water partition coefficient (Wildman–Crippen LogP) is 1.73. The third-order valence-electron chi connectivity index (χ3n) is 2.40. The van der Waals surface area contributed by atoms with Gasteiger partial charge in [0.15, 0.2) is 0 Å². The number of anilines is 1. The van der Waals surface area contributed by atoms with Crippen molar-refractivity contribution in [3.8, 4) is 0 Å². The van der Waals surface area contributed by atoms with Gasteiger partial charge < -0.3 is 9.64 Å². The predicted molar refractivity (Wildman–Crippen MR) is 63.0 cm³/mol. The number of hydrogen-bond donors (Lipinski definition) is 0. The molecule has 18 heavy (non-hydrogen) atoms. The molecular formula is C11H13FN2O4. The molecule has 0 aliphatic carbocycles. The molecule has 1 aromatic carbocycles. The first kappa shape index (κ1) is 13.9. The van der Waals surface area contributed by atoms with Crippen LogP contribution in [0, 0.1) is 15.9 Å². The highest BCUT2D eigenvalue weighted by atomic mass is 19.1. The Morgan fingerprint density at radius 2 is 2.22 bits per heavy atom. The van der Waals surface area contributed by atoms with Crippen molar-refractivity contribution < 1.29 is 18.8 Å². The summed E-state index contributed by atoms with van der Waals surface area (Å²) in [6.45, 7) is 1.86. The number of carbonyl (C=O) groups excluding carboxylic acids is 1. The van der Waals surface area contributed by atoms with Crippen LogP contribution in [0.1, 0.15) is 6.92 Å². The second kappa shape index (κ2) is 5.95. The molecule has 0 aromatic heterocycles. The molecule has 0 radical (unpaired) electrons. The Morgan fingerprint density at radius 1 is 1.56 bits per heavy atom. The lowest BCUT2D eigenvalue weighted by Gasteiger charge is -2.21. The Bertz CT molecular complexity index is 464. The van der Waals surface area contributed by atoms with Crippen LogP contribution in [-0.2, 0) is 9.53 Å². The molecule has 0 atom stereocenters. The third kappa shape index (κ3) is 3.16. The summed E-state index contributed by atoms with van der Waals surface area (Å²) >= 11 is 0. The number of methoxy groups -OCH3 is 1. The van der Waals surface area contributed by atoms with E-state index in [1.807, 2.05) is 0 Å². The van der Waals surface area contributed by atoms with Crippen LogP contribution in [-0.4, -0.2) is 31.1 Å². The SMILES string of the molecule is CCN(CC(=O)OC)c1cc(F)ccc1[N+](=O)[O-]. The van der Waals surface area contributed by atoms with Crippen molar-refractivity contribution in [3.05, 3.63) is 34.1 Å². The van der Waals surface area contributed by atoms with Crippen molar-refractivity contribution in [2.75, 3.05) is 25.1 Å². The van der Waals surface area contributed by atoms with E-state index < -0.39 is 16.7 Å². The van der Waals surface area contributed by atoms with E-state index in [1.165, 1.54) is 12.0 Å². The molecule has 0 saturated carbocycles. The summed E-state index contributed by atoms with van der Waals surface area (Å²) in [5, 5.41) is 10.8. The minimum Gasteiger partial charge on any atom is -0.468 e. The minimum atomic E-state index is -0.616. The van der Waals surface area contributed by atoms with Crippen molar-refractivity contribution in [2.24, 2.45) is 0 Å². The van der Waals surface area contributed by atoms with E-state index in [-0.39, 0.29) is 17.9 Å². The number of rotatable bonds is 5. The maximum Gasteiger partial charge on any atom is 0.325 e. The van der Waals surface area contributed by atoms with E-state index in [2.05, 4.69) is 4.74 Å². The Hall–Kier alpha value is -2.18. The zero-order valence-electron chi connectivity index (χ0n) is 10.1. The van der Waals surface area contributed by atoms with E-state index in [1.54, 1.807) is 6.92 Å². The molecule has 0 saturated heterocycles. The zero-order chi connectivity index (χ0) is 13.7. The number of carbonyl (C=O) groups is 1. The molecule has 0 bridgehead atoms. The lowest BCUT2D eigenvalue weighted by atomic mass is 10.2. The van der Waals surface area contributed by atoms with Crippen molar-refractivity contribution in [1.82, 2.24) is 0 Å². The standard InChI is InChI=1S/C11H13FN2O4/c1-3-13(7-11(15)18-2)10-6-8(12)4-5-9(10)14(16)17/h4-6H,3,7H2,1-2H3. The van der Waals surface area contributed by atoms with Gasteiger partial charge >= 0.3 is 5.97 Å². The fourth-order valence-corrected chi connectivity index (χ4v) is 1.49. The monoisotopic (exact) mass is 256 g/mol. The number of benzene rings is 1. The van der Waals surface area contributed by atoms with Crippen LogP contribution < -0.4 is 4.90 Å². The van der Waals surface area contributed by atoms with Crippen molar-refractivity contribution in [2.45, 2.75) is 6.92 Å². The molecule has 1 rings (SSSR count). The lowest BCUT2D eigenvalue weighted by Crippen LogP contribution is -2.30. The summed E-state index contributed by atoms with van der Waals surface area (Å²) in [6.07, 6.45) is 0. The number of nitrogens with zero attached hydrogens (tertiary/aromatic N) is 2. The van der Waals surface area contributed by atoms with Crippen LogP contribution in [0.5, 0.6) is 0 Å². The van der Waals surface area contributed by atoms with Crippen LogP contribution in [0.3, 0.4) is 0 Å². The number of nitro benzene ring substituents is 1. The van der Waals surface area contributed by atoms with Gasteiger partial charge in [0.05, 0.1) is 12.0 Å². The molecule has 1 aromatic rings. The lowest BCUT2D eigenvalue weighted by molar-refractivity contribution is -0.384. The number of hydrogen-bond acceptors (Lipinski definition) is 5. The number of esters is 1. The molecule has 0 heterocycles. The van der Waals surface area contributed by atoms with Gasteiger partial charge in [-0.2, -0.15) is 0 Å². The van der Waals surface area contributed by atoms with Gasteiger partial charge in [-0.05, 0) is 13.0 Å².